The Morgan fingerprint density at radius 2 is 1.89 bits per heavy atom. The molecule has 0 radical (unpaired) electrons. The van der Waals surface area contributed by atoms with Gasteiger partial charge < -0.3 is 15.9 Å². The SMILES string of the molecule is CC(C)(CO)[C@@H](N)c1cc(SC(F)(F)F)ccc1O. The van der Waals surface area contributed by atoms with Crippen LogP contribution in [-0.4, -0.2) is 22.3 Å². The smallest absolute Gasteiger partial charge is 0.446 e. The second-order valence-corrected chi connectivity index (χ2v) is 6.03. The van der Waals surface area contributed by atoms with Gasteiger partial charge in [0, 0.05) is 28.5 Å². The van der Waals surface area contributed by atoms with E-state index >= 15 is 0 Å². The summed E-state index contributed by atoms with van der Waals surface area (Å²) in [4.78, 5) is -0.0514. The first-order valence-corrected chi connectivity index (χ1v) is 6.33. The van der Waals surface area contributed by atoms with Crippen LogP contribution in [-0.2, 0) is 0 Å². The van der Waals surface area contributed by atoms with Gasteiger partial charge in [-0.1, -0.05) is 13.8 Å². The monoisotopic (exact) mass is 295 g/mol. The number of thioether (sulfide) groups is 1. The van der Waals surface area contributed by atoms with Crippen molar-refractivity contribution in [1.29, 1.82) is 0 Å². The molecule has 0 aliphatic heterocycles. The highest BCUT2D eigenvalue weighted by Crippen LogP contribution is 2.41. The van der Waals surface area contributed by atoms with E-state index in [0.29, 0.717) is 0 Å². The maximum Gasteiger partial charge on any atom is 0.446 e. The van der Waals surface area contributed by atoms with Crippen molar-refractivity contribution in [3.8, 4) is 5.75 Å². The summed E-state index contributed by atoms with van der Waals surface area (Å²) in [6.07, 6.45) is 0. The third-order valence-electron chi connectivity index (χ3n) is 2.82. The molecule has 0 aromatic heterocycles. The average molecular weight is 295 g/mol. The number of halogens is 3. The highest BCUT2D eigenvalue weighted by atomic mass is 32.2. The number of phenolic OH excluding ortho intramolecular Hbond substituents is 1. The number of aliphatic hydroxyl groups excluding tert-OH is 1. The summed E-state index contributed by atoms with van der Waals surface area (Å²) < 4.78 is 36.9. The topological polar surface area (TPSA) is 66.5 Å². The molecule has 108 valence electrons. The predicted octanol–water partition coefficient (Wildman–Crippen LogP) is 3.02. The fourth-order valence-corrected chi connectivity index (χ4v) is 2.09. The van der Waals surface area contributed by atoms with Gasteiger partial charge in [0.25, 0.3) is 0 Å². The van der Waals surface area contributed by atoms with Crippen LogP contribution in [0.3, 0.4) is 0 Å². The van der Waals surface area contributed by atoms with Crippen molar-refractivity contribution in [2.45, 2.75) is 30.3 Å². The minimum atomic E-state index is -4.40. The Balaban J connectivity index is 3.11. The molecule has 0 spiro atoms. The molecule has 7 heteroatoms. The second-order valence-electron chi connectivity index (χ2n) is 4.89. The lowest BCUT2D eigenvalue weighted by Crippen LogP contribution is -2.32. The third kappa shape index (κ3) is 4.29. The number of benzene rings is 1. The number of phenols is 1. The van der Waals surface area contributed by atoms with Crippen LogP contribution in [0.1, 0.15) is 25.5 Å². The summed E-state index contributed by atoms with van der Waals surface area (Å²) in [5.41, 5.74) is 0.946. The first kappa shape index (κ1) is 16.1. The Morgan fingerprint density at radius 3 is 2.37 bits per heavy atom. The summed E-state index contributed by atoms with van der Waals surface area (Å²) in [5, 5.41) is 18.9. The number of alkyl halides is 3. The van der Waals surface area contributed by atoms with Gasteiger partial charge in [-0.2, -0.15) is 13.2 Å². The van der Waals surface area contributed by atoms with Crippen molar-refractivity contribution in [2.75, 3.05) is 6.61 Å². The van der Waals surface area contributed by atoms with E-state index in [1.807, 2.05) is 0 Å². The predicted molar refractivity (Wildman–Crippen MR) is 67.8 cm³/mol. The van der Waals surface area contributed by atoms with Gasteiger partial charge in [0.05, 0.1) is 0 Å². The second kappa shape index (κ2) is 5.60. The van der Waals surface area contributed by atoms with Crippen molar-refractivity contribution < 1.29 is 23.4 Å². The van der Waals surface area contributed by atoms with Gasteiger partial charge in [0.1, 0.15) is 5.75 Å². The zero-order valence-corrected chi connectivity index (χ0v) is 11.3. The molecule has 0 aliphatic carbocycles. The maximum atomic E-state index is 12.3. The number of hydrogen-bond donors (Lipinski definition) is 3. The number of rotatable bonds is 4. The van der Waals surface area contributed by atoms with E-state index in [1.165, 1.54) is 18.2 Å². The quantitative estimate of drug-likeness (QED) is 0.747. The van der Waals surface area contributed by atoms with Crippen LogP contribution in [0.2, 0.25) is 0 Å². The number of hydrogen-bond acceptors (Lipinski definition) is 4. The van der Waals surface area contributed by atoms with Crippen molar-refractivity contribution in [3.63, 3.8) is 0 Å². The normalized spacial score (nSPS) is 14.5. The molecule has 3 nitrogen and oxygen atoms in total. The van der Waals surface area contributed by atoms with Gasteiger partial charge in [-0.25, -0.2) is 0 Å². The van der Waals surface area contributed by atoms with E-state index in [1.54, 1.807) is 13.8 Å². The Hall–Kier alpha value is -0.920. The molecular weight excluding hydrogens is 279 g/mol. The van der Waals surface area contributed by atoms with Crippen LogP contribution in [0.5, 0.6) is 5.75 Å². The third-order valence-corrected chi connectivity index (χ3v) is 3.54. The van der Waals surface area contributed by atoms with Crippen LogP contribution in [0.15, 0.2) is 23.1 Å². The standard InChI is InChI=1S/C12H16F3NO2S/c1-11(2,6-17)10(16)8-5-7(3-4-9(8)18)19-12(13,14)15/h3-5,10,17-18H,6,16H2,1-2H3/t10-/m0/s1. The summed E-state index contributed by atoms with van der Waals surface area (Å²) in [5.74, 6) is -0.180. The molecule has 0 fully saturated rings. The Labute approximate surface area is 113 Å². The Kier molecular flexibility index (Phi) is 4.76. The minimum Gasteiger partial charge on any atom is -0.508 e. The first-order valence-electron chi connectivity index (χ1n) is 5.52. The molecule has 0 bridgehead atoms. The van der Waals surface area contributed by atoms with Crippen LogP contribution >= 0.6 is 11.8 Å². The fraction of sp³-hybridized carbons (Fsp3) is 0.500. The molecule has 1 rings (SSSR count). The van der Waals surface area contributed by atoms with Crippen LogP contribution < -0.4 is 5.73 Å². The summed E-state index contributed by atoms with van der Waals surface area (Å²) in [6.45, 7) is 3.09. The lowest BCUT2D eigenvalue weighted by atomic mass is 9.81. The van der Waals surface area contributed by atoms with E-state index in [-0.39, 0.29) is 34.6 Å². The van der Waals surface area contributed by atoms with E-state index in [9.17, 15) is 23.4 Å². The molecule has 1 aromatic rings. The van der Waals surface area contributed by atoms with Gasteiger partial charge in [0.2, 0.25) is 0 Å². The zero-order chi connectivity index (χ0) is 14.8. The molecule has 0 heterocycles. The highest BCUT2D eigenvalue weighted by Gasteiger charge is 2.32. The molecule has 1 atom stereocenters. The molecule has 1 aromatic carbocycles. The molecule has 0 saturated heterocycles. The van der Waals surface area contributed by atoms with Gasteiger partial charge in [0.15, 0.2) is 0 Å². The number of nitrogens with two attached hydrogens (primary N) is 1. The van der Waals surface area contributed by atoms with Crippen molar-refractivity contribution >= 4 is 11.8 Å². The molecular formula is C12H16F3NO2S. The average Bonchev–Trinajstić information content (AvgIpc) is 2.29. The van der Waals surface area contributed by atoms with Gasteiger partial charge in [-0.3, -0.25) is 0 Å². The Morgan fingerprint density at radius 1 is 1.32 bits per heavy atom. The van der Waals surface area contributed by atoms with Crippen molar-refractivity contribution in [1.82, 2.24) is 0 Å². The van der Waals surface area contributed by atoms with Gasteiger partial charge >= 0.3 is 5.51 Å². The number of aliphatic hydroxyl groups is 1. The zero-order valence-electron chi connectivity index (χ0n) is 10.5. The van der Waals surface area contributed by atoms with Crippen LogP contribution in [0.25, 0.3) is 0 Å². The Bertz CT molecular complexity index is 449. The summed E-state index contributed by atoms with van der Waals surface area (Å²) >= 11 is -0.270. The van der Waals surface area contributed by atoms with E-state index in [2.05, 4.69) is 0 Å². The van der Waals surface area contributed by atoms with Crippen LogP contribution in [0, 0.1) is 5.41 Å². The van der Waals surface area contributed by atoms with Gasteiger partial charge in [-0.15, -0.1) is 0 Å². The lowest BCUT2D eigenvalue weighted by molar-refractivity contribution is -0.0328. The summed E-state index contributed by atoms with van der Waals surface area (Å²) in [7, 11) is 0. The largest absolute Gasteiger partial charge is 0.508 e. The minimum absolute atomic E-state index is 0.0514. The lowest BCUT2D eigenvalue weighted by Gasteiger charge is -2.30. The van der Waals surface area contributed by atoms with E-state index in [0.717, 1.165) is 0 Å². The van der Waals surface area contributed by atoms with E-state index < -0.39 is 17.0 Å². The molecule has 0 unspecified atom stereocenters. The summed E-state index contributed by atoms with van der Waals surface area (Å²) in [6, 6.07) is 2.79. The molecule has 0 amide bonds. The maximum absolute atomic E-state index is 12.3. The molecule has 0 aliphatic rings. The van der Waals surface area contributed by atoms with Crippen LogP contribution in [0.4, 0.5) is 13.2 Å². The highest BCUT2D eigenvalue weighted by molar-refractivity contribution is 8.00. The molecule has 19 heavy (non-hydrogen) atoms. The van der Waals surface area contributed by atoms with Crippen molar-refractivity contribution in [3.05, 3.63) is 23.8 Å². The molecule has 4 N–H and O–H groups in total. The van der Waals surface area contributed by atoms with Gasteiger partial charge in [-0.05, 0) is 30.0 Å². The van der Waals surface area contributed by atoms with E-state index in [4.69, 9.17) is 5.73 Å². The number of aromatic hydroxyl groups is 1. The molecule has 0 saturated carbocycles. The fourth-order valence-electron chi connectivity index (χ4n) is 1.50. The van der Waals surface area contributed by atoms with Crippen molar-refractivity contribution in [2.24, 2.45) is 11.1 Å². The first-order chi connectivity index (χ1) is 8.57.